The SMILES string of the molecule is CCOC(=O)C1=C(N)OC2=C(C(=O)CCC2)C1c1ccc2c(c1)OCO2. The van der Waals surface area contributed by atoms with Crippen molar-refractivity contribution >= 4 is 11.8 Å². The summed E-state index contributed by atoms with van der Waals surface area (Å²) in [5.74, 6) is 0.454. The Labute approximate surface area is 150 Å². The summed E-state index contributed by atoms with van der Waals surface area (Å²) >= 11 is 0. The third-order valence-corrected chi connectivity index (χ3v) is 4.71. The summed E-state index contributed by atoms with van der Waals surface area (Å²) in [5.41, 5.74) is 7.40. The first-order valence-electron chi connectivity index (χ1n) is 8.60. The van der Waals surface area contributed by atoms with Gasteiger partial charge in [-0.2, -0.15) is 0 Å². The highest BCUT2D eigenvalue weighted by atomic mass is 16.7. The number of hydrogen-bond donors (Lipinski definition) is 1. The van der Waals surface area contributed by atoms with Crippen molar-refractivity contribution in [2.45, 2.75) is 32.1 Å². The van der Waals surface area contributed by atoms with E-state index in [-0.39, 0.29) is 30.6 Å². The van der Waals surface area contributed by atoms with Crippen molar-refractivity contribution in [3.8, 4) is 11.5 Å². The molecule has 7 heteroatoms. The number of carbonyl (C=O) groups is 2. The minimum atomic E-state index is -0.639. The largest absolute Gasteiger partial charge is 0.462 e. The van der Waals surface area contributed by atoms with Crippen LogP contribution in [0.4, 0.5) is 0 Å². The van der Waals surface area contributed by atoms with Gasteiger partial charge in [-0.05, 0) is 31.0 Å². The van der Waals surface area contributed by atoms with Crippen LogP contribution >= 0.6 is 0 Å². The van der Waals surface area contributed by atoms with Gasteiger partial charge in [-0.1, -0.05) is 6.07 Å². The van der Waals surface area contributed by atoms with Gasteiger partial charge in [0, 0.05) is 18.4 Å². The van der Waals surface area contributed by atoms with Crippen molar-refractivity contribution in [3.05, 3.63) is 46.6 Å². The van der Waals surface area contributed by atoms with Crippen molar-refractivity contribution in [2.75, 3.05) is 13.4 Å². The predicted molar refractivity (Wildman–Crippen MR) is 90.1 cm³/mol. The Kier molecular flexibility index (Phi) is 4.06. The molecule has 0 fully saturated rings. The number of ether oxygens (including phenoxy) is 4. The number of esters is 1. The van der Waals surface area contributed by atoms with E-state index in [1.165, 1.54) is 0 Å². The molecule has 26 heavy (non-hydrogen) atoms. The predicted octanol–water partition coefficient (Wildman–Crippen LogP) is 2.27. The molecule has 7 nitrogen and oxygen atoms in total. The highest BCUT2D eigenvalue weighted by molar-refractivity contribution is 6.03. The number of hydrogen-bond acceptors (Lipinski definition) is 7. The van der Waals surface area contributed by atoms with Crippen LogP contribution < -0.4 is 15.2 Å². The first kappa shape index (κ1) is 16.5. The molecule has 1 aromatic rings. The molecular weight excluding hydrogens is 338 g/mol. The van der Waals surface area contributed by atoms with Gasteiger partial charge < -0.3 is 24.7 Å². The van der Waals surface area contributed by atoms with Gasteiger partial charge in [0.15, 0.2) is 17.3 Å². The number of allylic oxidation sites excluding steroid dienone is 2. The summed E-state index contributed by atoms with van der Waals surface area (Å²) in [6.07, 6.45) is 1.73. The Balaban J connectivity index is 1.86. The molecule has 1 atom stereocenters. The fourth-order valence-electron chi connectivity index (χ4n) is 3.59. The molecule has 2 N–H and O–H groups in total. The lowest BCUT2D eigenvalue weighted by Crippen LogP contribution is -2.31. The second-order valence-corrected chi connectivity index (χ2v) is 6.26. The zero-order valence-electron chi connectivity index (χ0n) is 14.4. The third kappa shape index (κ3) is 2.60. The third-order valence-electron chi connectivity index (χ3n) is 4.71. The lowest BCUT2D eigenvalue weighted by atomic mass is 9.77. The molecule has 0 radical (unpaired) electrons. The van der Waals surface area contributed by atoms with Gasteiger partial charge in [-0.3, -0.25) is 4.79 Å². The monoisotopic (exact) mass is 357 g/mol. The molecule has 136 valence electrons. The average Bonchev–Trinajstić information content (AvgIpc) is 3.08. The fraction of sp³-hybridized carbons (Fsp3) is 0.368. The minimum absolute atomic E-state index is 0.0143. The number of Topliss-reactive ketones (excluding diaryl/α,β-unsaturated/α-hetero) is 1. The minimum Gasteiger partial charge on any atom is -0.462 e. The van der Waals surface area contributed by atoms with Crippen LogP contribution in [-0.4, -0.2) is 25.2 Å². The maximum atomic E-state index is 12.7. The molecule has 0 bridgehead atoms. The molecular formula is C19H19NO6. The van der Waals surface area contributed by atoms with Crippen molar-refractivity contribution in [2.24, 2.45) is 5.73 Å². The van der Waals surface area contributed by atoms with E-state index in [0.717, 1.165) is 0 Å². The first-order valence-corrected chi connectivity index (χ1v) is 8.60. The summed E-state index contributed by atoms with van der Waals surface area (Å²) in [6.45, 7) is 2.05. The molecule has 1 unspecified atom stereocenters. The summed E-state index contributed by atoms with van der Waals surface area (Å²) in [4.78, 5) is 25.2. The number of benzene rings is 1. The molecule has 0 amide bonds. The molecule has 1 aromatic carbocycles. The van der Waals surface area contributed by atoms with E-state index in [2.05, 4.69) is 0 Å². The van der Waals surface area contributed by atoms with Gasteiger partial charge in [0.25, 0.3) is 0 Å². The summed E-state index contributed by atoms with van der Waals surface area (Å²) in [7, 11) is 0. The summed E-state index contributed by atoms with van der Waals surface area (Å²) < 4.78 is 21.6. The summed E-state index contributed by atoms with van der Waals surface area (Å²) in [5, 5.41) is 0. The second-order valence-electron chi connectivity index (χ2n) is 6.26. The Bertz CT molecular complexity index is 854. The van der Waals surface area contributed by atoms with Crippen LogP contribution in [0.2, 0.25) is 0 Å². The average molecular weight is 357 g/mol. The van der Waals surface area contributed by atoms with Crippen LogP contribution in [0.1, 0.15) is 37.7 Å². The van der Waals surface area contributed by atoms with Gasteiger partial charge in [-0.15, -0.1) is 0 Å². The topological polar surface area (TPSA) is 97.1 Å². The van der Waals surface area contributed by atoms with Gasteiger partial charge in [0.2, 0.25) is 12.7 Å². The van der Waals surface area contributed by atoms with Crippen LogP contribution in [0.5, 0.6) is 11.5 Å². The zero-order chi connectivity index (χ0) is 18.3. The highest BCUT2D eigenvalue weighted by Crippen LogP contribution is 2.46. The lowest BCUT2D eigenvalue weighted by molar-refractivity contribution is -0.139. The molecule has 4 rings (SSSR count). The molecule has 3 aliphatic rings. The Morgan fingerprint density at radius 3 is 2.88 bits per heavy atom. The number of rotatable bonds is 3. The van der Waals surface area contributed by atoms with Gasteiger partial charge in [0.05, 0.1) is 12.5 Å². The van der Waals surface area contributed by atoms with E-state index < -0.39 is 11.9 Å². The second kappa shape index (κ2) is 6.40. The molecule has 0 spiro atoms. The van der Waals surface area contributed by atoms with Crippen LogP contribution in [-0.2, 0) is 19.1 Å². The molecule has 0 aromatic heterocycles. The Morgan fingerprint density at radius 1 is 1.27 bits per heavy atom. The first-order chi connectivity index (χ1) is 12.6. The van der Waals surface area contributed by atoms with Crippen LogP contribution in [0, 0.1) is 0 Å². The van der Waals surface area contributed by atoms with Crippen molar-refractivity contribution in [3.63, 3.8) is 0 Å². The number of fused-ring (bicyclic) bond motifs is 1. The zero-order valence-corrected chi connectivity index (χ0v) is 14.4. The van der Waals surface area contributed by atoms with Gasteiger partial charge >= 0.3 is 5.97 Å². The van der Waals surface area contributed by atoms with Gasteiger partial charge in [-0.25, -0.2) is 4.79 Å². The van der Waals surface area contributed by atoms with Crippen molar-refractivity contribution in [1.29, 1.82) is 0 Å². The quantitative estimate of drug-likeness (QED) is 0.829. The number of nitrogens with two attached hydrogens (primary N) is 1. The fourth-order valence-corrected chi connectivity index (χ4v) is 3.59. The van der Waals surface area contributed by atoms with Gasteiger partial charge in [0.1, 0.15) is 11.3 Å². The Hall–Kier alpha value is -2.96. The number of carbonyl (C=O) groups excluding carboxylic acids is 2. The van der Waals surface area contributed by atoms with Crippen LogP contribution in [0.3, 0.4) is 0 Å². The molecule has 0 saturated heterocycles. The van der Waals surface area contributed by atoms with Crippen molar-refractivity contribution in [1.82, 2.24) is 0 Å². The molecule has 2 aliphatic heterocycles. The van der Waals surface area contributed by atoms with E-state index in [9.17, 15) is 9.59 Å². The van der Waals surface area contributed by atoms with E-state index in [0.29, 0.717) is 47.7 Å². The van der Waals surface area contributed by atoms with Crippen molar-refractivity contribution < 1.29 is 28.5 Å². The lowest BCUT2D eigenvalue weighted by Gasteiger charge is -2.32. The summed E-state index contributed by atoms with van der Waals surface area (Å²) in [6, 6.07) is 5.35. The normalized spacial score (nSPS) is 21.4. The molecule has 0 saturated carbocycles. The van der Waals surface area contributed by atoms with E-state index in [1.54, 1.807) is 19.1 Å². The standard InChI is InChI=1S/C19H19NO6/c1-2-23-19(22)17-15(10-6-7-12-14(8-10)25-9-24-12)16-11(21)4-3-5-13(16)26-18(17)20/h6-8,15H,2-5,9,20H2,1H3. The van der Waals surface area contributed by atoms with Crippen LogP contribution in [0.15, 0.2) is 41.0 Å². The van der Waals surface area contributed by atoms with E-state index >= 15 is 0 Å². The highest BCUT2D eigenvalue weighted by Gasteiger charge is 2.41. The van der Waals surface area contributed by atoms with E-state index in [4.69, 9.17) is 24.7 Å². The Morgan fingerprint density at radius 2 is 2.08 bits per heavy atom. The molecule has 2 heterocycles. The smallest absolute Gasteiger partial charge is 0.340 e. The van der Waals surface area contributed by atoms with E-state index in [1.807, 2.05) is 6.07 Å². The van der Waals surface area contributed by atoms with Crippen LogP contribution in [0.25, 0.3) is 0 Å². The molecule has 1 aliphatic carbocycles. The maximum Gasteiger partial charge on any atom is 0.340 e. The maximum absolute atomic E-state index is 12.7. The number of ketones is 1.